The molecule has 2 aliphatic rings. The Morgan fingerprint density at radius 3 is 2.45 bits per heavy atom. The molecule has 0 bridgehead atoms. The monoisotopic (exact) mass is 300 g/mol. The molecular formula is C13H20N2O4S. The second-order valence-corrected chi connectivity index (χ2v) is 7.19. The number of nitrogens with zero attached hydrogens (tertiary/aromatic N) is 1. The molecule has 0 radical (unpaired) electrons. The minimum atomic E-state index is -1.05. The Bertz CT molecular complexity index is 471. The van der Waals surface area contributed by atoms with Gasteiger partial charge < -0.3 is 0 Å². The summed E-state index contributed by atoms with van der Waals surface area (Å²) in [4.78, 5) is 37.8. The Labute approximate surface area is 120 Å². The van der Waals surface area contributed by atoms with Gasteiger partial charge in [-0.1, -0.05) is 12.8 Å². The summed E-state index contributed by atoms with van der Waals surface area (Å²) in [5, 5.41) is 2.31. The molecule has 1 saturated carbocycles. The lowest BCUT2D eigenvalue weighted by Crippen LogP contribution is -2.65. The lowest BCUT2D eigenvalue weighted by atomic mass is 9.81. The first-order chi connectivity index (χ1) is 9.38. The molecule has 112 valence electrons. The van der Waals surface area contributed by atoms with Crippen molar-refractivity contribution in [2.24, 2.45) is 5.41 Å². The van der Waals surface area contributed by atoms with E-state index in [-0.39, 0.29) is 11.9 Å². The third kappa shape index (κ3) is 2.51. The average Bonchev–Trinajstić information content (AvgIpc) is 2.85. The van der Waals surface area contributed by atoms with Gasteiger partial charge in [-0.25, -0.2) is 4.79 Å². The van der Waals surface area contributed by atoms with Crippen LogP contribution in [0.3, 0.4) is 0 Å². The molecule has 2 unspecified atom stereocenters. The molecule has 2 rings (SSSR count). The van der Waals surface area contributed by atoms with E-state index in [1.807, 2.05) is 0 Å². The number of nitrogens with one attached hydrogen (secondary N) is 1. The van der Waals surface area contributed by atoms with Crippen LogP contribution in [0.4, 0.5) is 4.79 Å². The zero-order valence-corrected chi connectivity index (χ0v) is 12.6. The van der Waals surface area contributed by atoms with E-state index in [1.54, 1.807) is 13.2 Å². The molecule has 2 fully saturated rings. The van der Waals surface area contributed by atoms with Gasteiger partial charge in [0.25, 0.3) is 0 Å². The van der Waals surface area contributed by atoms with Crippen molar-refractivity contribution in [1.82, 2.24) is 10.2 Å². The van der Waals surface area contributed by atoms with E-state index in [0.717, 1.165) is 17.7 Å². The molecule has 20 heavy (non-hydrogen) atoms. The fraction of sp³-hybridized carbons (Fsp3) is 0.769. The fourth-order valence-electron chi connectivity index (χ4n) is 2.98. The van der Waals surface area contributed by atoms with Crippen molar-refractivity contribution in [3.8, 4) is 0 Å². The standard InChI is InChI=1S/C13H20N2O4S/c1-9(5-8-20(2)19)15-11(17)13(6-3-4-7-13)10(16)14-12(15)18/h9H,3-8H2,1-2H3,(H,14,16,18). The first-order valence-electron chi connectivity index (χ1n) is 6.87. The number of urea groups is 1. The molecular weight excluding hydrogens is 280 g/mol. The van der Waals surface area contributed by atoms with Crippen LogP contribution in [0.25, 0.3) is 0 Å². The smallest absolute Gasteiger partial charge is 0.277 e. The summed E-state index contributed by atoms with van der Waals surface area (Å²) in [5.74, 6) is -0.398. The van der Waals surface area contributed by atoms with Gasteiger partial charge in [-0.3, -0.25) is 24.0 Å². The highest BCUT2D eigenvalue weighted by molar-refractivity contribution is 7.84. The van der Waals surface area contributed by atoms with Gasteiger partial charge in [-0.2, -0.15) is 0 Å². The molecule has 0 aromatic heterocycles. The van der Waals surface area contributed by atoms with E-state index in [9.17, 15) is 18.6 Å². The van der Waals surface area contributed by atoms with E-state index in [2.05, 4.69) is 5.32 Å². The molecule has 6 nitrogen and oxygen atoms in total. The van der Waals surface area contributed by atoms with Gasteiger partial charge in [0.2, 0.25) is 11.8 Å². The molecule has 1 saturated heterocycles. The third-order valence-electron chi connectivity index (χ3n) is 4.22. The lowest BCUT2D eigenvalue weighted by Gasteiger charge is -2.39. The Morgan fingerprint density at radius 2 is 1.90 bits per heavy atom. The van der Waals surface area contributed by atoms with Crippen molar-refractivity contribution < 1.29 is 18.6 Å². The minimum absolute atomic E-state index is 0.350. The number of rotatable bonds is 4. The van der Waals surface area contributed by atoms with Crippen LogP contribution in [0.15, 0.2) is 0 Å². The largest absolute Gasteiger partial charge is 0.331 e. The molecule has 0 aromatic carbocycles. The molecule has 2 atom stereocenters. The van der Waals surface area contributed by atoms with Crippen LogP contribution in [0.1, 0.15) is 39.0 Å². The highest BCUT2D eigenvalue weighted by atomic mass is 32.2. The van der Waals surface area contributed by atoms with E-state index in [4.69, 9.17) is 0 Å². The van der Waals surface area contributed by atoms with Crippen molar-refractivity contribution in [3.63, 3.8) is 0 Å². The second kappa shape index (κ2) is 5.63. The summed E-state index contributed by atoms with van der Waals surface area (Å²) in [6.45, 7) is 1.75. The number of barbiturate groups is 1. The van der Waals surface area contributed by atoms with Crippen LogP contribution in [0.2, 0.25) is 0 Å². The summed E-state index contributed by atoms with van der Waals surface area (Å²) in [7, 11) is -0.967. The first kappa shape index (κ1) is 15.2. The molecule has 1 heterocycles. The zero-order valence-electron chi connectivity index (χ0n) is 11.8. The topological polar surface area (TPSA) is 83.6 Å². The summed E-state index contributed by atoms with van der Waals surface area (Å²) in [6, 6.07) is -0.996. The van der Waals surface area contributed by atoms with Gasteiger partial charge in [-0.15, -0.1) is 0 Å². The van der Waals surface area contributed by atoms with Crippen molar-refractivity contribution in [1.29, 1.82) is 0 Å². The molecule has 1 spiro atoms. The maximum absolute atomic E-state index is 12.6. The summed E-state index contributed by atoms with van der Waals surface area (Å²) in [5.41, 5.74) is -1.05. The van der Waals surface area contributed by atoms with E-state index >= 15 is 0 Å². The number of carbonyl (C=O) groups is 3. The van der Waals surface area contributed by atoms with Gasteiger partial charge in [0, 0.05) is 28.9 Å². The third-order valence-corrected chi connectivity index (χ3v) is 5.03. The number of hydrogen-bond donors (Lipinski definition) is 1. The number of hydrogen-bond acceptors (Lipinski definition) is 4. The predicted molar refractivity (Wildman–Crippen MR) is 74.3 cm³/mol. The van der Waals surface area contributed by atoms with Crippen LogP contribution in [0, 0.1) is 5.41 Å². The van der Waals surface area contributed by atoms with Gasteiger partial charge in [0.1, 0.15) is 5.41 Å². The Morgan fingerprint density at radius 1 is 1.30 bits per heavy atom. The Hall–Kier alpha value is -1.24. The van der Waals surface area contributed by atoms with Crippen LogP contribution in [0.5, 0.6) is 0 Å². The summed E-state index contributed by atoms with van der Waals surface area (Å²) in [6.07, 6.45) is 4.74. The van der Waals surface area contributed by atoms with Crippen LogP contribution < -0.4 is 5.32 Å². The van der Waals surface area contributed by atoms with Crippen LogP contribution in [-0.4, -0.2) is 45.0 Å². The van der Waals surface area contributed by atoms with E-state index < -0.39 is 28.2 Å². The van der Waals surface area contributed by atoms with Crippen LogP contribution >= 0.6 is 0 Å². The molecule has 1 aliphatic carbocycles. The Kier molecular flexibility index (Phi) is 4.27. The first-order valence-corrected chi connectivity index (χ1v) is 8.60. The van der Waals surface area contributed by atoms with Gasteiger partial charge in [-0.05, 0) is 26.2 Å². The number of imide groups is 2. The molecule has 7 heteroatoms. The van der Waals surface area contributed by atoms with Gasteiger partial charge in [0.15, 0.2) is 0 Å². The summed E-state index contributed by atoms with van der Waals surface area (Å²) < 4.78 is 11.1. The second-order valence-electron chi connectivity index (χ2n) is 5.64. The fourth-order valence-corrected chi connectivity index (χ4v) is 3.66. The Balaban J connectivity index is 2.19. The molecule has 4 amide bonds. The van der Waals surface area contributed by atoms with Crippen molar-refractivity contribution >= 4 is 28.6 Å². The van der Waals surface area contributed by atoms with E-state index in [1.165, 1.54) is 0 Å². The van der Waals surface area contributed by atoms with Gasteiger partial charge >= 0.3 is 6.03 Å². The van der Waals surface area contributed by atoms with Gasteiger partial charge in [0.05, 0.1) is 0 Å². The quantitative estimate of drug-likeness (QED) is 0.778. The maximum atomic E-state index is 12.6. The molecule has 0 aromatic rings. The van der Waals surface area contributed by atoms with E-state index in [0.29, 0.717) is 25.0 Å². The average molecular weight is 300 g/mol. The lowest BCUT2D eigenvalue weighted by molar-refractivity contribution is -0.152. The van der Waals surface area contributed by atoms with Crippen molar-refractivity contribution in [3.05, 3.63) is 0 Å². The number of carbonyl (C=O) groups excluding carboxylic acids is 3. The normalized spacial score (nSPS) is 24.9. The molecule has 1 N–H and O–H groups in total. The molecule has 1 aliphatic heterocycles. The maximum Gasteiger partial charge on any atom is 0.331 e. The highest BCUT2D eigenvalue weighted by Gasteiger charge is 2.55. The predicted octanol–water partition coefficient (Wildman–Crippen LogP) is 0.782. The van der Waals surface area contributed by atoms with Crippen molar-refractivity contribution in [2.75, 3.05) is 12.0 Å². The number of amides is 4. The van der Waals surface area contributed by atoms with Crippen LogP contribution in [-0.2, 0) is 20.4 Å². The zero-order chi connectivity index (χ0) is 14.9. The SMILES string of the molecule is CC(CCS(C)=O)N1C(=O)NC(=O)C2(CCCC2)C1=O. The highest BCUT2D eigenvalue weighted by Crippen LogP contribution is 2.42. The summed E-state index contributed by atoms with van der Waals surface area (Å²) >= 11 is 0. The van der Waals surface area contributed by atoms with Crippen molar-refractivity contribution in [2.45, 2.75) is 45.1 Å². The minimum Gasteiger partial charge on any atom is -0.277 e.